The van der Waals surface area contributed by atoms with Crippen molar-refractivity contribution in [2.75, 3.05) is 0 Å². The van der Waals surface area contributed by atoms with Crippen molar-refractivity contribution in [1.82, 2.24) is 24.5 Å². The Labute approximate surface area is 176 Å². The summed E-state index contributed by atoms with van der Waals surface area (Å²) in [5.41, 5.74) is 1.96. The first-order valence-electron chi connectivity index (χ1n) is 9.42. The lowest BCUT2D eigenvalue weighted by Crippen LogP contribution is -2.09. The molecule has 0 N–H and O–H groups in total. The lowest BCUT2D eigenvalue weighted by atomic mass is 10.1. The molecule has 9 heteroatoms. The standard InChI is InChI=1S/C21H19ClF3N5/c1-4-29-13(3)15(10-26-29)18-9-16(21(23,24)25)19-12(2)28-30(20(19)27-18)11-14-7-5-6-8-17(14)22/h5-10H,4,11H2,1-3H3. The predicted molar refractivity (Wildman–Crippen MR) is 109 cm³/mol. The van der Waals surface area contributed by atoms with E-state index in [9.17, 15) is 13.2 Å². The highest BCUT2D eigenvalue weighted by molar-refractivity contribution is 6.31. The largest absolute Gasteiger partial charge is 0.417 e. The second-order valence-corrected chi connectivity index (χ2v) is 7.45. The summed E-state index contributed by atoms with van der Waals surface area (Å²) >= 11 is 6.25. The number of alkyl halides is 3. The summed E-state index contributed by atoms with van der Waals surface area (Å²) in [6.45, 7) is 6.12. The number of halogens is 4. The molecular weight excluding hydrogens is 415 g/mol. The zero-order valence-electron chi connectivity index (χ0n) is 16.6. The lowest BCUT2D eigenvalue weighted by Gasteiger charge is -2.12. The van der Waals surface area contributed by atoms with Gasteiger partial charge in [0, 0.05) is 22.8 Å². The molecule has 0 radical (unpaired) electrons. The molecule has 1 aromatic carbocycles. The van der Waals surface area contributed by atoms with Gasteiger partial charge in [-0.15, -0.1) is 0 Å². The molecule has 0 aliphatic carbocycles. The fourth-order valence-corrected chi connectivity index (χ4v) is 3.83. The molecule has 0 spiro atoms. The number of aryl methyl sites for hydroxylation is 2. The number of benzene rings is 1. The van der Waals surface area contributed by atoms with Crippen molar-refractivity contribution < 1.29 is 13.2 Å². The van der Waals surface area contributed by atoms with Crippen LogP contribution in [0, 0.1) is 13.8 Å². The van der Waals surface area contributed by atoms with Gasteiger partial charge in [-0.3, -0.25) is 4.68 Å². The van der Waals surface area contributed by atoms with Crippen LogP contribution in [0.25, 0.3) is 22.3 Å². The summed E-state index contributed by atoms with van der Waals surface area (Å²) in [7, 11) is 0. The van der Waals surface area contributed by atoms with Crippen molar-refractivity contribution in [3.05, 3.63) is 64.1 Å². The Hall–Kier alpha value is -2.87. The highest BCUT2D eigenvalue weighted by Crippen LogP contribution is 2.38. The third-order valence-corrected chi connectivity index (χ3v) is 5.51. The maximum absolute atomic E-state index is 14.0. The van der Waals surface area contributed by atoms with Crippen molar-refractivity contribution in [3.63, 3.8) is 0 Å². The van der Waals surface area contributed by atoms with Crippen LogP contribution < -0.4 is 0 Å². The zero-order valence-corrected chi connectivity index (χ0v) is 17.4. The molecule has 0 saturated carbocycles. The minimum absolute atomic E-state index is 0.00107. The number of pyridine rings is 1. The van der Waals surface area contributed by atoms with E-state index in [0.717, 1.165) is 17.3 Å². The Morgan fingerprint density at radius 2 is 1.83 bits per heavy atom. The summed E-state index contributed by atoms with van der Waals surface area (Å²) in [5.74, 6) is 0. The van der Waals surface area contributed by atoms with Crippen molar-refractivity contribution in [1.29, 1.82) is 0 Å². The van der Waals surface area contributed by atoms with E-state index in [-0.39, 0.29) is 29.0 Å². The number of hydrogen-bond donors (Lipinski definition) is 0. The molecule has 5 nitrogen and oxygen atoms in total. The van der Waals surface area contributed by atoms with Crippen LogP contribution in [0.1, 0.15) is 29.4 Å². The third-order valence-electron chi connectivity index (χ3n) is 5.14. The van der Waals surface area contributed by atoms with Gasteiger partial charge < -0.3 is 0 Å². The fraction of sp³-hybridized carbons (Fsp3) is 0.286. The van der Waals surface area contributed by atoms with Crippen molar-refractivity contribution in [2.45, 2.75) is 40.0 Å². The molecule has 0 fully saturated rings. The van der Waals surface area contributed by atoms with E-state index in [2.05, 4.69) is 15.2 Å². The van der Waals surface area contributed by atoms with E-state index in [0.29, 0.717) is 17.1 Å². The quantitative estimate of drug-likeness (QED) is 0.417. The first-order chi connectivity index (χ1) is 14.2. The molecule has 0 aliphatic heterocycles. The van der Waals surface area contributed by atoms with Gasteiger partial charge in [0.25, 0.3) is 0 Å². The van der Waals surface area contributed by atoms with Crippen molar-refractivity contribution >= 4 is 22.6 Å². The number of hydrogen-bond acceptors (Lipinski definition) is 3. The van der Waals surface area contributed by atoms with Gasteiger partial charge in [-0.25, -0.2) is 9.67 Å². The fourth-order valence-electron chi connectivity index (χ4n) is 3.63. The van der Waals surface area contributed by atoms with Crippen LogP contribution >= 0.6 is 11.6 Å². The second kappa shape index (κ2) is 7.43. The molecule has 0 bridgehead atoms. The summed E-state index contributed by atoms with van der Waals surface area (Å²) < 4.78 is 45.1. The summed E-state index contributed by atoms with van der Waals surface area (Å²) in [6, 6.07) is 8.25. The molecule has 0 aliphatic rings. The van der Waals surface area contributed by atoms with E-state index in [4.69, 9.17) is 11.6 Å². The molecular formula is C21H19ClF3N5. The Morgan fingerprint density at radius 3 is 2.47 bits per heavy atom. The minimum Gasteiger partial charge on any atom is -0.269 e. The van der Waals surface area contributed by atoms with Crippen LogP contribution in [-0.2, 0) is 19.3 Å². The number of aromatic nitrogens is 5. The van der Waals surface area contributed by atoms with Gasteiger partial charge in [0.1, 0.15) is 0 Å². The van der Waals surface area contributed by atoms with Gasteiger partial charge in [-0.05, 0) is 38.5 Å². The summed E-state index contributed by atoms with van der Waals surface area (Å²) in [5, 5.41) is 9.12. The van der Waals surface area contributed by atoms with Gasteiger partial charge >= 0.3 is 6.18 Å². The van der Waals surface area contributed by atoms with Crippen molar-refractivity contribution in [2.24, 2.45) is 0 Å². The van der Waals surface area contributed by atoms with Crippen LogP contribution in [0.5, 0.6) is 0 Å². The molecule has 3 aromatic heterocycles. The average molecular weight is 434 g/mol. The molecule has 4 aromatic rings. The number of nitrogens with zero attached hydrogens (tertiary/aromatic N) is 5. The monoisotopic (exact) mass is 433 g/mol. The Balaban J connectivity index is 1.97. The van der Waals surface area contributed by atoms with E-state index in [1.165, 1.54) is 4.68 Å². The first-order valence-corrected chi connectivity index (χ1v) is 9.80. The molecule has 3 heterocycles. The first kappa shape index (κ1) is 20.4. The molecule has 156 valence electrons. The summed E-state index contributed by atoms with van der Waals surface area (Å²) in [6.07, 6.45) is -3.00. The van der Waals surface area contributed by atoms with E-state index < -0.39 is 11.7 Å². The predicted octanol–water partition coefficient (Wildman–Crippen LogP) is 5.65. The average Bonchev–Trinajstić information content (AvgIpc) is 3.22. The lowest BCUT2D eigenvalue weighted by molar-refractivity contribution is -0.136. The van der Waals surface area contributed by atoms with Gasteiger partial charge in [-0.2, -0.15) is 23.4 Å². The normalized spacial score (nSPS) is 12.1. The Bertz CT molecular complexity index is 1240. The van der Waals surface area contributed by atoms with E-state index >= 15 is 0 Å². The van der Waals surface area contributed by atoms with E-state index in [1.807, 2.05) is 26.0 Å². The van der Waals surface area contributed by atoms with E-state index in [1.54, 1.807) is 29.9 Å². The molecule has 4 rings (SSSR count). The van der Waals surface area contributed by atoms with Gasteiger partial charge in [0.15, 0.2) is 5.65 Å². The molecule has 0 atom stereocenters. The van der Waals surface area contributed by atoms with Crippen LogP contribution in [0.15, 0.2) is 36.5 Å². The topological polar surface area (TPSA) is 48.5 Å². The molecule has 0 unspecified atom stereocenters. The Morgan fingerprint density at radius 1 is 1.10 bits per heavy atom. The summed E-state index contributed by atoms with van der Waals surface area (Å²) in [4.78, 5) is 4.58. The minimum atomic E-state index is -4.55. The van der Waals surface area contributed by atoms with Gasteiger partial charge in [0.2, 0.25) is 0 Å². The van der Waals surface area contributed by atoms with Crippen molar-refractivity contribution in [3.8, 4) is 11.3 Å². The van der Waals surface area contributed by atoms with Crippen LogP contribution in [0.4, 0.5) is 13.2 Å². The molecule has 0 amide bonds. The number of rotatable bonds is 4. The van der Waals surface area contributed by atoms with Gasteiger partial charge in [-0.1, -0.05) is 29.8 Å². The maximum Gasteiger partial charge on any atom is 0.417 e. The third kappa shape index (κ3) is 3.45. The van der Waals surface area contributed by atoms with Crippen LogP contribution in [0.3, 0.4) is 0 Å². The zero-order chi connectivity index (χ0) is 21.6. The Kier molecular flexibility index (Phi) is 5.05. The maximum atomic E-state index is 14.0. The smallest absolute Gasteiger partial charge is 0.269 e. The SMILES string of the molecule is CCn1ncc(-c2cc(C(F)(F)F)c3c(C)nn(Cc4ccccc4Cl)c3n2)c1C. The molecule has 30 heavy (non-hydrogen) atoms. The number of fused-ring (bicyclic) bond motifs is 1. The molecule has 0 saturated heterocycles. The van der Waals surface area contributed by atoms with Crippen LogP contribution in [-0.4, -0.2) is 24.5 Å². The highest BCUT2D eigenvalue weighted by atomic mass is 35.5. The van der Waals surface area contributed by atoms with Crippen LogP contribution in [0.2, 0.25) is 5.02 Å². The van der Waals surface area contributed by atoms with Gasteiger partial charge in [0.05, 0.1) is 35.1 Å². The second-order valence-electron chi connectivity index (χ2n) is 7.05. The highest BCUT2D eigenvalue weighted by Gasteiger charge is 2.36.